The summed E-state index contributed by atoms with van der Waals surface area (Å²) in [4.78, 5) is 23.6. The van der Waals surface area contributed by atoms with Gasteiger partial charge in [0.2, 0.25) is 0 Å². The minimum Gasteiger partial charge on any atom is -0.302 e. The second-order valence-electron chi connectivity index (χ2n) is 6.72. The third-order valence-electron chi connectivity index (χ3n) is 4.86. The molecule has 0 radical (unpaired) electrons. The molecule has 5 nitrogen and oxygen atoms in total. The van der Waals surface area contributed by atoms with Gasteiger partial charge in [-0.05, 0) is 37.1 Å². The van der Waals surface area contributed by atoms with Crippen molar-refractivity contribution in [2.45, 2.75) is 32.4 Å². The molecule has 0 saturated carbocycles. The van der Waals surface area contributed by atoms with Crippen molar-refractivity contribution < 1.29 is 4.79 Å². The summed E-state index contributed by atoms with van der Waals surface area (Å²) >= 11 is 0. The molecule has 0 unspecified atom stereocenters. The Morgan fingerprint density at radius 1 is 1.20 bits per heavy atom. The fraction of sp³-hybridized carbons (Fsp3) is 0.350. The van der Waals surface area contributed by atoms with Crippen molar-refractivity contribution >= 4 is 16.9 Å². The molecular formula is C20H22N4O. The summed E-state index contributed by atoms with van der Waals surface area (Å²) in [6.45, 7) is 4.52. The molecule has 1 saturated heterocycles. The first kappa shape index (κ1) is 16.0. The van der Waals surface area contributed by atoms with Gasteiger partial charge in [0, 0.05) is 26.2 Å². The van der Waals surface area contributed by atoms with E-state index in [0.717, 1.165) is 43.6 Å². The highest BCUT2D eigenvalue weighted by Gasteiger charge is 2.27. The highest BCUT2D eigenvalue weighted by atomic mass is 16.1. The molecule has 1 atom stereocenters. The minimum atomic E-state index is -0.00168. The van der Waals surface area contributed by atoms with Crippen LogP contribution in [0.1, 0.15) is 42.0 Å². The number of ketones is 1. The van der Waals surface area contributed by atoms with Gasteiger partial charge in [-0.2, -0.15) is 0 Å². The van der Waals surface area contributed by atoms with Crippen LogP contribution in [-0.2, 0) is 6.54 Å². The van der Waals surface area contributed by atoms with Crippen LogP contribution in [0.5, 0.6) is 0 Å². The monoisotopic (exact) mass is 334 g/mol. The van der Waals surface area contributed by atoms with E-state index in [1.54, 1.807) is 13.1 Å². The maximum atomic E-state index is 12.1. The lowest BCUT2D eigenvalue weighted by molar-refractivity contribution is 0.0990. The van der Waals surface area contributed by atoms with E-state index in [1.807, 2.05) is 18.2 Å². The van der Waals surface area contributed by atoms with E-state index in [4.69, 9.17) is 0 Å². The smallest absolute Gasteiger partial charge is 0.195 e. The zero-order valence-electron chi connectivity index (χ0n) is 14.4. The second kappa shape index (κ2) is 6.76. The van der Waals surface area contributed by atoms with Gasteiger partial charge >= 0.3 is 0 Å². The summed E-state index contributed by atoms with van der Waals surface area (Å²) in [6, 6.07) is 14.6. The Balaban J connectivity index is 1.64. The summed E-state index contributed by atoms with van der Waals surface area (Å²) in [5.74, 6) is 0.526. The van der Waals surface area contributed by atoms with Crippen molar-refractivity contribution in [3.63, 3.8) is 0 Å². The van der Waals surface area contributed by atoms with E-state index in [0.29, 0.717) is 5.82 Å². The number of Topliss-reactive ketones (excluding diaryl/α,β-unsaturated/α-hetero) is 1. The molecule has 128 valence electrons. The number of hydrogen-bond donors (Lipinski definition) is 0. The summed E-state index contributed by atoms with van der Waals surface area (Å²) in [5.41, 5.74) is 2.94. The maximum Gasteiger partial charge on any atom is 0.195 e. The number of piperidine rings is 1. The third kappa shape index (κ3) is 3.20. The van der Waals surface area contributed by atoms with Crippen LogP contribution in [0.3, 0.4) is 0 Å². The second-order valence-corrected chi connectivity index (χ2v) is 6.72. The predicted octanol–water partition coefficient (Wildman–Crippen LogP) is 3.47. The Bertz CT molecular complexity index is 887. The lowest BCUT2D eigenvalue weighted by Gasteiger charge is -2.34. The molecule has 25 heavy (non-hydrogen) atoms. The number of fused-ring (bicyclic) bond motifs is 1. The Morgan fingerprint density at radius 3 is 2.84 bits per heavy atom. The molecule has 0 spiro atoms. The van der Waals surface area contributed by atoms with E-state index in [9.17, 15) is 4.79 Å². The number of rotatable bonds is 4. The van der Waals surface area contributed by atoms with Crippen molar-refractivity contribution in [2.24, 2.45) is 0 Å². The number of likely N-dealkylation sites (tertiary alicyclic amines) is 1. The van der Waals surface area contributed by atoms with Crippen molar-refractivity contribution in [2.75, 3.05) is 13.1 Å². The highest BCUT2D eigenvalue weighted by molar-refractivity contribution is 5.94. The molecule has 1 aliphatic heterocycles. The van der Waals surface area contributed by atoms with Gasteiger partial charge in [0.15, 0.2) is 17.3 Å². The summed E-state index contributed by atoms with van der Waals surface area (Å²) in [6.07, 6.45) is 3.93. The number of nitrogens with zero attached hydrogens (tertiary/aromatic N) is 4. The normalized spacial score (nSPS) is 18.5. The number of benzene rings is 1. The van der Waals surface area contributed by atoms with Gasteiger partial charge in [0.1, 0.15) is 5.52 Å². The topological polar surface area (TPSA) is 51.0 Å². The Labute approximate surface area is 147 Å². The zero-order valence-corrected chi connectivity index (χ0v) is 14.4. The first-order valence-electron chi connectivity index (χ1n) is 8.82. The number of pyridine rings is 1. The Kier molecular flexibility index (Phi) is 4.32. The first-order chi connectivity index (χ1) is 12.2. The van der Waals surface area contributed by atoms with Crippen molar-refractivity contribution in [3.8, 4) is 0 Å². The fourth-order valence-corrected chi connectivity index (χ4v) is 3.75. The number of aromatic nitrogens is 3. The van der Waals surface area contributed by atoms with E-state index in [2.05, 4.69) is 43.7 Å². The quantitative estimate of drug-likeness (QED) is 0.686. The SMILES string of the molecule is CC(=O)c1nc2cccnc2n1[C@@H]1CCCN(Cc2ccccc2)C1. The molecule has 4 rings (SSSR count). The van der Waals surface area contributed by atoms with Crippen molar-refractivity contribution in [1.29, 1.82) is 0 Å². The molecule has 2 aromatic heterocycles. The molecule has 0 N–H and O–H groups in total. The average Bonchev–Trinajstić information content (AvgIpc) is 3.03. The summed E-state index contributed by atoms with van der Waals surface area (Å²) in [7, 11) is 0. The van der Waals surface area contributed by atoms with Crippen LogP contribution in [0.25, 0.3) is 11.2 Å². The Hall–Kier alpha value is -2.53. The van der Waals surface area contributed by atoms with Gasteiger partial charge in [-0.25, -0.2) is 9.97 Å². The lowest BCUT2D eigenvalue weighted by atomic mass is 10.0. The molecule has 1 aliphatic rings. The van der Waals surface area contributed by atoms with Crippen LogP contribution >= 0.6 is 0 Å². The van der Waals surface area contributed by atoms with Crippen LogP contribution in [-0.4, -0.2) is 38.3 Å². The van der Waals surface area contributed by atoms with Crippen LogP contribution in [0.15, 0.2) is 48.7 Å². The molecule has 5 heteroatoms. The zero-order chi connectivity index (χ0) is 17.2. The Morgan fingerprint density at radius 2 is 2.04 bits per heavy atom. The van der Waals surface area contributed by atoms with Gasteiger partial charge in [-0.1, -0.05) is 30.3 Å². The third-order valence-corrected chi connectivity index (χ3v) is 4.86. The summed E-state index contributed by atoms with van der Waals surface area (Å²) < 4.78 is 2.06. The van der Waals surface area contributed by atoms with Crippen LogP contribution in [0.2, 0.25) is 0 Å². The molecule has 0 bridgehead atoms. The van der Waals surface area contributed by atoms with Crippen LogP contribution < -0.4 is 0 Å². The van der Waals surface area contributed by atoms with E-state index >= 15 is 0 Å². The number of carbonyl (C=O) groups is 1. The molecule has 0 amide bonds. The van der Waals surface area contributed by atoms with Gasteiger partial charge in [-0.3, -0.25) is 9.69 Å². The lowest BCUT2D eigenvalue weighted by Crippen LogP contribution is -2.37. The summed E-state index contributed by atoms with van der Waals surface area (Å²) in [5, 5.41) is 0. The highest BCUT2D eigenvalue weighted by Crippen LogP contribution is 2.28. The van der Waals surface area contributed by atoms with Gasteiger partial charge in [0.25, 0.3) is 0 Å². The minimum absolute atomic E-state index is 0.00168. The molecular weight excluding hydrogens is 312 g/mol. The van der Waals surface area contributed by atoms with Gasteiger partial charge in [0.05, 0.1) is 6.04 Å². The van der Waals surface area contributed by atoms with Crippen LogP contribution in [0.4, 0.5) is 0 Å². The maximum absolute atomic E-state index is 12.1. The number of carbonyl (C=O) groups excluding carboxylic acids is 1. The van der Waals surface area contributed by atoms with Crippen molar-refractivity contribution in [1.82, 2.24) is 19.4 Å². The van der Waals surface area contributed by atoms with E-state index in [-0.39, 0.29) is 11.8 Å². The molecule has 1 aromatic carbocycles. The van der Waals surface area contributed by atoms with Crippen LogP contribution in [0, 0.1) is 0 Å². The molecule has 0 aliphatic carbocycles. The van der Waals surface area contributed by atoms with Crippen molar-refractivity contribution in [3.05, 3.63) is 60.0 Å². The fourth-order valence-electron chi connectivity index (χ4n) is 3.75. The predicted molar refractivity (Wildman–Crippen MR) is 97.5 cm³/mol. The number of hydrogen-bond acceptors (Lipinski definition) is 4. The number of imidazole rings is 1. The largest absolute Gasteiger partial charge is 0.302 e. The van der Waals surface area contributed by atoms with E-state index < -0.39 is 0 Å². The first-order valence-corrected chi connectivity index (χ1v) is 8.82. The standard InChI is InChI=1S/C20H22N4O/c1-15(25)19-22-18-10-5-11-21-20(18)24(19)17-9-6-12-23(14-17)13-16-7-3-2-4-8-16/h2-5,7-8,10-11,17H,6,9,12-14H2,1H3/t17-/m1/s1. The molecule has 1 fully saturated rings. The molecule has 3 heterocycles. The van der Waals surface area contributed by atoms with Gasteiger partial charge in [-0.15, -0.1) is 0 Å². The average molecular weight is 334 g/mol. The van der Waals surface area contributed by atoms with E-state index in [1.165, 1.54) is 5.56 Å². The van der Waals surface area contributed by atoms with Gasteiger partial charge < -0.3 is 4.57 Å². The molecule has 3 aromatic rings.